The largest absolute Gasteiger partial charge is 0.508 e. The van der Waals surface area contributed by atoms with Crippen LogP contribution in [0, 0.1) is 0 Å². The van der Waals surface area contributed by atoms with Crippen molar-refractivity contribution in [3.8, 4) is 5.75 Å². The Bertz CT molecular complexity index is 936. The SMILES string of the molecule is NC(=O)CCC(NC(=O)CNC(=O)C(N)CCC(=O)O)C(=O)NC(Cc1ccc(O)cc1)C(=O)O. The highest BCUT2D eigenvalue weighted by Crippen LogP contribution is 2.12. The van der Waals surface area contributed by atoms with Crippen molar-refractivity contribution in [1.82, 2.24) is 16.0 Å². The molecule has 192 valence electrons. The van der Waals surface area contributed by atoms with E-state index in [0.717, 1.165) is 0 Å². The van der Waals surface area contributed by atoms with Crippen LogP contribution in [0.3, 0.4) is 0 Å². The van der Waals surface area contributed by atoms with Crippen molar-refractivity contribution in [2.24, 2.45) is 11.5 Å². The lowest BCUT2D eigenvalue weighted by Crippen LogP contribution is -2.54. The minimum absolute atomic E-state index is 0.0196. The molecule has 0 radical (unpaired) electrons. The van der Waals surface area contributed by atoms with Gasteiger partial charge in [0.05, 0.1) is 12.6 Å². The number of rotatable bonds is 15. The number of hydrogen-bond donors (Lipinski definition) is 8. The summed E-state index contributed by atoms with van der Waals surface area (Å²) in [5.74, 6) is -5.77. The molecule has 1 rings (SSSR count). The predicted molar refractivity (Wildman–Crippen MR) is 120 cm³/mol. The van der Waals surface area contributed by atoms with E-state index in [1.807, 2.05) is 0 Å². The van der Waals surface area contributed by atoms with Gasteiger partial charge in [-0.05, 0) is 30.5 Å². The van der Waals surface area contributed by atoms with Gasteiger partial charge in [0.2, 0.25) is 23.6 Å². The molecule has 35 heavy (non-hydrogen) atoms. The lowest BCUT2D eigenvalue weighted by atomic mass is 10.0. The molecule has 0 saturated carbocycles. The number of amides is 4. The summed E-state index contributed by atoms with van der Waals surface area (Å²) in [6.45, 7) is -0.601. The van der Waals surface area contributed by atoms with Crippen LogP contribution in [0.5, 0.6) is 5.75 Å². The zero-order chi connectivity index (χ0) is 26.5. The molecular weight excluding hydrogens is 466 g/mol. The van der Waals surface area contributed by atoms with E-state index in [1.54, 1.807) is 0 Å². The predicted octanol–water partition coefficient (Wildman–Crippen LogP) is -2.44. The highest BCUT2D eigenvalue weighted by Gasteiger charge is 2.27. The molecule has 14 nitrogen and oxygen atoms in total. The number of benzene rings is 1. The van der Waals surface area contributed by atoms with Crippen LogP contribution in [0.2, 0.25) is 0 Å². The van der Waals surface area contributed by atoms with Crippen molar-refractivity contribution in [1.29, 1.82) is 0 Å². The molecule has 4 amide bonds. The number of primary amides is 1. The second-order valence-corrected chi connectivity index (χ2v) is 7.65. The molecule has 10 N–H and O–H groups in total. The maximum absolute atomic E-state index is 12.7. The lowest BCUT2D eigenvalue weighted by Gasteiger charge is -2.21. The van der Waals surface area contributed by atoms with Gasteiger partial charge in [0.1, 0.15) is 17.8 Å². The molecule has 0 aromatic heterocycles. The van der Waals surface area contributed by atoms with Crippen LogP contribution in [0.15, 0.2) is 24.3 Å². The van der Waals surface area contributed by atoms with Gasteiger partial charge in [-0.25, -0.2) is 4.79 Å². The number of carboxylic acid groups (broad SMARTS) is 2. The van der Waals surface area contributed by atoms with E-state index in [0.29, 0.717) is 5.56 Å². The van der Waals surface area contributed by atoms with Crippen LogP contribution in [0.4, 0.5) is 0 Å². The van der Waals surface area contributed by atoms with Crippen LogP contribution >= 0.6 is 0 Å². The fourth-order valence-electron chi connectivity index (χ4n) is 2.85. The Morgan fingerprint density at radius 1 is 0.857 bits per heavy atom. The number of carbonyl (C=O) groups excluding carboxylic acids is 4. The van der Waals surface area contributed by atoms with Gasteiger partial charge in [0.25, 0.3) is 0 Å². The summed E-state index contributed by atoms with van der Waals surface area (Å²) in [7, 11) is 0. The first-order valence-electron chi connectivity index (χ1n) is 10.5. The van der Waals surface area contributed by atoms with Gasteiger partial charge >= 0.3 is 11.9 Å². The van der Waals surface area contributed by atoms with Crippen LogP contribution in [0.1, 0.15) is 31.2 Å². The van der Waals surface area contributed by atoms with Crippen molar-refractivity contribution < 1.29 is 44.1 Å². The quantitative estimate of drug-likeness (QED) is 0.128. The Labute approximate surface area is 200 Å². The van der Waals surface area contributed by atoms with Gasteiger partial charge in [-0.15, -0.1) is 0 Å². The fraction of sp³-hybridized carbons (Fsp3) is 0.429. The second-order valence-electron chi connectivity index (χ2n) is 7.65. The van der Waals surface area contributed by atoms with Gasteiger partial charge in [-0.3, -0.25) is 24.0 Å². The Hall–Kier alpha value is -4.20. The maximum atomic E-state index is 12.7. The minimum Gasteiger partial charge on any atom is -0.508 e. The monoisotopic (exact) mass is 495 g/mol. The highest BCUT2D eigenvalue weighted by atomic mass is 16.4. The van der Waals surface area contributed by atoms with Gasteiger partial charge in [-0.2, -0.15) is 0 Å². The highest BCUT2D eigenvalue weighted by molar-refractivity contribution is 5.93. The molecule has 14 heteroatoms. The normalized spacial score (nSPS) is 13.1. The Morgan fingerprint density at radius 2 is 1.49 bits per heavy atom. The first-order valence-corrected chi connectivity index (χ1v) is 10.5. The topological polar surface area (TPSA) is 251 Å². The Balaban J connectivity index is 2.77. The van der Waals surface area contributed by atoms with Gasteiger partial charge in [-0.1, -0.05) is 12.1 Å². The number of carboxylic acids is 2. The maximum Gasteiger partial charge on any atom is 0.326 e. The molecule has 1 aromatic carbocycles. The number of aliphatic carboxylic acids is 2. The number of nitrogens with one attached hydrogen (secondary N) is 3. The van der Waals surface area contributed by atoms with Crippen LogP contribution < -0.4 is 27.4 Å². The summed E-state index contributed by atoms with van der Waals surface area (Å²) in [4.78, 5) is 70.2. The summed E-state index contributed by atoms with van der Waals surface area (Å²) in [5.41, 5.74) is 11.2. The first-order chi connectivity index (χ1) is 16.4. The minimum atomic E-state index is -1.38. The number of nitrogens with two attached hydrogens (primary N) is 2. The van der Waals surface area contributed by atoms with Crippen molar-refractivity contribution in [2.45, 2.75) is 50.2 Å². The number of phenols is 1. The number of phenolic OH excluding ortho intramolecular Hbond substituents is 1. The second kappa shape index (κ2) is 14.1. The van der Waals surface area contributed by atoms with Crippen LogP contribution in [-0.4, -0.2) is 75.6 Å². The van der Waals surface area contributed by atoms with E-state index in [4.69, 9.17) is 16.6 Å². The Morgan fingerprint density at radius 3 is 2.03 bits per heavy atom. The summed E-state index contributed by atoms with van der Waals surface area (Å²) in [5, 5.41) is 34.2. The number of aromatic hydroxyl groups is 1. The molecular formula is C21H29N5O9. The van der Waals surface area contributed by atoms with Crippen LogP contribution in [-0.2, 0) is 35.2 Å². The molecule has 0 heterocycles. The Kier molecular flexibility index (Phi) is 11.7. The molecule has 0 bridgehead atoms. The number of carbonyl (C=O) groups is 6. The zero-order valence-corrected chi connectivity index (χ0v) is 18.7. The standard InChI is InChI=1S/C21H29N5O9/c22-13(5-8-18(30)31)19(32)24-10-17(29)25-14(6-7-16(23)28)20(33)26-15(21(34)35)9-11-1-3-12(27)4-2-11/h1-4,13-15,27H,5-10,22H2,(H2,23,28)(H,24,32)(H,25,29)(H,26,33)(H,30,31)(H,34,35). The van der Waals surface area contributed by atoms with E-state index in [1.165, 1.54) is 24.3 Å². The van der Waals surface area contributed by atoms with E-state index >= 15 is 0 Å². The molecule has 0 aliphatic heterocycles. The molecule has 0 aliphatic rings. The molecule has 3 atom stereocenters. The van der Waals surface area contributed by atoms with Crippen molar-refractivity contribution in [3.63, 3.8) is 0 Å². The van der Waals surface area contributed by atoms with Crippen LogP contribution in [0.25, 0.3) is 0 Å². The zero-order valence-electron chi connectivity index (χ0n) is 18.7. The average molecular weight is 495 g/mol. The fourth-order valence-corrected chi connectivity index (χ4v) is 2.85. The lowest BCUT2D eigenvalue weighted by molar-refractivity contribution is -0.142. The molecule has 0 spiro atoms. The summed E-state index contributed by atoms with van der Waals surface area (Å²) >= 11 is 0. The smallest absolute Gasteiger partial charge is 0.326 e. The van der Waals surface area contributed by atoms with E-state index in [2.05, 4.69) is 16.0 Å². The summed E-state index contributed by atoms with van der Waals surface area (Å²) in [6, 6.07) is 1.79. The third kappa shape index (κ3) is 11.5. The van der Waals surface area contributed by atoms with E-state index in [-0.39, 0.29) is 37.9 Å². The van der Waals surface area contributed by atoms with Gasteiger partial charge in [0, 0.05) is 19.3 Å². The van der Waals surface area contributed by atoms with Crippen molar-refractivity contribution in [2.75, 3.05) is 6.54 Å². The third-order valence-electron chi connectivity index (χ3n) is 4.75. The molecule has 0 aliphatic carbocycles. The summed E-state index contributed by atoms with van der Waals surface area (Å²) in [6.07, 6.45) is -1.14. The molecule has 1 aromatic rings. The molecule has 3 unspecified atom stereocenters. The molecule has 0 fully saturated rings. The number of hydrogen-bond acceptors (Lipinski definition) is 8. The van der Waals surface area contributed by atoms with Gasteiger partial charge in [0.15, 0.2) is 0 Å². The van der Waals surface area contributed by atoms with Gasteiger partial charge < -0.3 is 42.7 Å². The first kappa shape index (κ1) is 28.8. The van der Waals surface area contributed by atoms with Crippen molar-refractivity contribution in [3.05, 3.63) is 29.8 Å². The molecule has 0 saturated heterocycles. The van der Waals surface area contributed by atoms with E-state index in [9.17, 15) is 39.0 Å². The van der Waals surface area contributed by atoms with Crippen molar-refractivity contribution >= 4 is 35.6 Å². The average Bonchev–Trinajstić information content (AvgIpc) is 2.78. The van der Waals surface area contributed by atoms with E-state index < -0.39 is 60.2 Å². The summed E-state index contributed by atoms with van der Waals surface area (Å²) < 4.78 is 0. The third-order valence-corrected chi connectivity index (χ3v) is 4.75.